The SMILES string of the molecule is OC(COc1cccc(OCC(O)C[N+]2(Cc3ccccc3)CCCCC2)c1)C[N+]1(Cc2ccccc2)CCCCC1. The van der Waals surface area contributed by atoms with Crippen LogP contribution < -0.4 is 9.47 Å². The fourth-order valence-electron chi connectivity index (χ4n) is 7.16. The first kappa shape index (κ1) is 30.6. The Bertz CT molecular complexity index is 1100. The van der Waals surface area contributed by atoms with Gasteiger partial charge in [-0.25, -0.2) is 0 Å². The molecule has 2 saturated heterocycles. The van der Waals surface area contributed by atoms with E-state index in [0.29, 0.717) is 24.6 Å². The van der Waals surface area contributed by atoms with Crippen molar-refractivity contribution < 1.29 is 28.7 Å². The molecule has 2 aliphatic rings. The highest BCUT2D eigenvalue weighted by Crippen LogP contribution is 2.26. The lowest BCUT2D eigenvalue weighted by Crippen LogP contribution is -2.55. The molecule has 2 unspecified atom stereocenters. The molecular weight excluding hydrogens is 524 g/mol. The van der Waals surface area contributed by atoms with Crippen LogP contribution in [0, 0.1) is 0 Å². The zero-order valence-electron chi connectivity index (χ0n) is 25.2. The van der Waals surface area contributed by atoms with E-state index in [2.05, 4.69) is 60.7 Å². The third kappa shape index (κ3) is 9.05. The van der Waals surface area contributed by atoms with E-state index in [4.69, 9.17) is 9.47 Å². The van der Waals surface area contributed by atoms with Gasteiger partial charge in [0.25, 0.3) is 0 Å². The van der Waals surface area contributed by atoms with Crippen LogP contribution in [0.1, 0.15) is 49.7 Å². The molecule has 0 bridgehead atoms. The average Bonchev–Trinajstić information content (AvgIpc) is 3.01. The molecule has 3 aromatic carbocycles. The van der Waals surface area contributed by atoms with Gasteiger partial charge in [-0.2, -0.15) is 0 Å². The summed E-state index contributed by atoms with van der Waals surface area (Å²) in [5.74, 6) is 1.36. The maximum atomic E-state index is 11.0. The molecule has 0 amide bonds. The predicted octanol–water partition coefficient (Wildman–Crippen LogP) is 5.57. The number of piperidine rings is 2. The Hall–Kier alpha value is -2.90. The van der Waals surface area contributed by atoms with E-state index in [0.717, 1.165) is 48.2 Å². The Morgan fingerprint density at radius 2 is 0.929 bits per heavy atom. The lowest BCUT2D eigenvalue weighted by molar-refractivity contribution is -0.947. The number of aliphatic hydroxyl groups is 2. The van der Waals surface area contributed by atoms with E-state index in [1.165, 1.54) is 49.7 Å². The molecule has 6 nitrogen and oxygen atoms in total. The average molecular weight is 575 g/mol. The van der Waals surface area contributed by atoms with E-state index >= 15 is 0 Å². The fourth-order valence-corrected chi connectivity index (χ4v) is 7.16. The highest BCUT2D eigenvalue weighted by molar-refractivity contribution is 5.33. The Morgan fingerprint density at radius 1 is 0.524 bits per heavy atom. The van der Waals surface area contributed by atoms with E-state index in [1.54, 1.807) is 0 Å². The Morgan fingerprint density at radius 3 is 1.33 bits per heavy atom. The molecule has 0 radical (unpaired) electrons. The van der Waals surface area contributed by atoms with Gasteiger partial charge in [-0.15, -0.1) is 0 Å². The van der Waals surface area contributed by atoms with Crippen LogP contribution in [-0.4, -0.2) is 83.9 Å². The van der Waals surface area contributed by atoms with Crippen LogP contribution in [-0.2, 0) is 13.1 Å². The number of rotatable bonds is 14. The molecule has 2 fully saturated rings. The molecule has 0 aliphatic carbocycles. The second kappa shape index (κ2) is 15.0. The van der Waals surface area contributed by atoms with Gasteiger partial charge in [0.1, 0.15) is 63.1 Å². The van der Waals surface area contributed by atoms with Gasteiger partial charge in [0.2, 0.25) is 0 Å². The number of likely N-dealkylation sites (tertiary alicyclic amines) is 2. The molecule has 0 aromatic heterocycles. The minimum atomic E-state index is -0.549. The summed E-state index contributed by atoms with van der Waals surface area (Å²) in [5, 5.41) is 22.1. The molecule has 42 heavy (non-hydrogen) atoms. The summed E-state index contributed by atoms with van der Waals surface area (Å²) in [6, 6.07) is 28.9. The monoisotopic (exact) mass is 574 g/mol. The summed E-state index contributed by atoms with van der Waals surface area (Å²) in [4.78, 5) is 0. The van der Waals surface area contributed by atoms with Crippen molar-refractivity contribution in [1.29, 1.82) is 0 Å². The number of ether oxygens (including phenoxy) is 2. The zero-order chi connectivity index (χ0) is 29.1. The highest BCUT2D eigenvalue weighted by Gasteiger charge is 2.34. The normalized spacial score (nSPS) is 19.5. The highest BCUT2D eigenvalue weighted by atomic mass is 16.5. The number of quaternary nitrogens is 2. The fraction of sp³-hybridized carbons (Fsp3) is 0.500. The second-order valence-corrected chi connectivity index (χ2v) is 12.8. The van der Waals surface area contributed by atoms with Crippen molar-refractivity contribution in [3.05, 3.63) is 96.1 Å². The Kier molecular flexibility index (Phi) is 10.9. The first-order valence-electron chi connectivity index (χ1n) is 16.0. The van der Waals surface area contributed by atoms with Crippen LogP contribution in [0.3, 0.4) is 0 Å². The largest absolute Gasteiger partial charge is 0.491 e. The van der Waals surface area contributed by atoms with Gasteiger partial charge in [-0.05, 0) is 50.7 Å². The molecule has 226 valence electrons. The predicted molar refractivity (Wildman–Crippen MR) is 167 cm³/mol. The number of hydrogen-bond acceptors (Lipinski definition) is 4. The Balaban J connectivity index is 1.12. The van der Waals surface area contributed by atoms with Crippen molar-refractivity contribution in [2.24, 2.45) is 0 Å². The number of benzene rings is 3. The molecule has 3 aromatic rings. The van der Waals surface area contributed by atoms with Gasteiger partial charge in [-0.1, -0.05) is 66.7 Å². The van der Waals surface area contributed by atoms with Crippen molar-refractivity contribution in [3.8, 4) is 11.5 Å². The van der Waals surface area contributed by atoms with Crippen molar-refractivity contribution in [2.45, 2.75) is 63.8 Å². The summed E-state index contributed by atoms with van der Waals surface area (Å²) < 4.78 is 13.9. The first-order chi connectivity index (χ1) is 20.5. The summed E-state index contributed by atoms with van der Waals surface area (Å²) >= 11 is 0. The number of aliphatic hydroxyl groups excluding tert-OH is 2. The van der Waals surface area contributed by atoms with Gasteiger partial charge >= 0.3 is 0 Å². The van der Waals surface area contributed by atoms with Gasteiger partial charge in [0.05, 0.1) is 26.2 Å². The third-order valence-corrected chi connectivity index (χ3v) is 9.14. The van der Waals surface area contributed by atoms with Gasteiger partial charge in [0.15, 0.2) is 0 Å². The van der Waals surface area contributed by atoms with Gasteiger partial charge < -0.3 is 28.7 Å². The molecule has 2 heterocycles. The van der Waals surface area contributed by atoms with Crippen LogP contribution >= 0.6 is 0 Å². The molecule has 0 saturated carbocycles. The van der Waals surface area contributed by atoms with Crippen molar-refractivity contribution in [2.75, 3.05) is 52.5 Å². The molecule has 5 rings (SSSR count). The number of nitrogens with zero attached hydrogens (tertiary/aromatic N) is 2. The molecule has 2 aliphatic heterocycles. The lowest BCUT2D eigenvalue weighted by atomic mass is 10.0. The first-order valence-corrected chi connectivity index (χ1v) is 16.0. The van der Waals surface area contributed by atoms with E-state index in [-0.39, 0.29) is 13.2 Å². The summed E-state index contributed by atoms with van der Waals surface area (Å²) in [7, 11) is 0. The molecule has 6 heteroatoms. The van der Waals surface area contributed by atoms with Crippen LogP contribution in [0.15, 0.2) is 84.9 Å². The molecular formula is C36H50N2O4+2. The maximum Gasteiger partial charge on any atom is 0.137 e. The van der Waals surface area contributed by atoms with Crippen LogP contribution in [0.4, 0.5) is 0 Å². The standard InChI is InChI=1S/C36H50N2O4/c39-33(27-37(20-9-3-10-21-37)25-31-14-5-1-6-15-31)29-41-35-18-13-19-36(24-35)42-30-34(40)28-38(22-11-4-12-23-38)26-32-16-7-2-8-17-32/h1-2,5-8,13-19,24,33-34,39-40H,3-4,9-12,20-23,25-30H2/q+2. The summed E-state index contributed by atoms with van der Waals surface area (Å²) in [6.45, 7) is 8.20. The summed E-state index contributed by atoms with van der Waals surface area (Å²) in [6.07, 6.45) is 6.27. The maximum absolute atomic E-state index is 11.0. The molecule has 2 N–H and O–H groups in total. The smallest absolute Gasteiger partial charge is 0.137 e. The minimum absolute atomic E-state index is 0.250. The van der Waals surface area contributed by atoms with E-state index in [1.807, 2.05) is 24.3 Å². The van der Waals surface area contributed by atoms with Crippen molar-refractivity contribution in [3.63, 3.8) is 0 Å². The van der Waals surface area contributed by atoms with Crippen LogP contribution in [0.2, 0.25) is 0 Å². The Labute approximate surface area is 252 Å². The van der Waals surface area contributed by atoms with E-state index < -0.39 is 12.2 Å². The molecule has 0 spiro atoms. The topological polar surface area (TPSA) is 58.9 Å². The van der Waals surface area contributed by atoms with Crippen LogP contribution in [0.5, 0.6) is 11.5 Å². The quantitative estimate of drug-likeness (QED) is 0.247. The van der Waals surface area contributed by atoms with E-state index in [9.17, 15) is 10.2 Å². The second-order valence-electron chi connectivity index (χ2n) is 12.8. The van der Waals surface area contributed by atoms with Gasteiger partial charge in [0, 0.05) is 17.2 Å². The third-order valence-electron chi connectivity index (χ3n) is 9.14. The van der Waals surface area contributed by atoms with Crippen molar-refractivity contribution in [1.82, 2.24) is 0 Å². The summed E-state index contributed by atoms with van der Waals surface area (Å²) in [5.41, 5.74) is 2.65. The molecule has 2 atom stereocenters. The minimum Gasteiger partial charge on any atom is -0.491 e. The van der Waals surface area contributed by atoms with Crippen molar-refractivity contribution >= 4 is 0 Å². The lowest BCUT2D eigenvalue weighted by Gasteiger charge is -2.43. The van der Waals surface area contributed by atoms with Gasteiger partial charge in [-0.3, -0.25) is 0 Å². The number of hydrogen-bond donors (Lipinski definition) is 2. The van der Waals surface area contributed by atoms with Crippen LogP contribution in [0.25, 0.3) is 0 Å². The zero-order valence-corrected chi connectivity index (χ0v) is 25.2.